The summed E-state index contributed by atoms with van der Waals surface area (Å²) in [5.74, 6) is 0.114. The van der Waals surface area contributed by atoms with Crippen LogP contribution in [0.5, 0.6) is 0 Å². The number of fused-ring (bicyclic) bond motifs is 1. The standard InChI is InChI=1S/C14H24N2O4/c1-5-19-12(17)10-6-9-7-16(8-11(9)15-10)13(18)20-14(2,3)4/h9-11,15H,5-8H2,1-4H3/t9-,10-,11+/m0/s1. The Bertz CT molecular complexity index is 377. The van der Waals surface area contributed by atoms with Crippen LogP contribution in [0.2, 0.25) is 0 Å². The summed E-state index contributed by atoms with van der Waals surface area (Å²) in [5, 5.41) is 3.26. The molecule has 2 saturated heterocycles. The Balaban J connectivity index is 1.85. The Hall–Kier alpha value is -1.30. The molecular formula is C14H24N2O4. The predicted octanol–water partition coefficient (Wildman–Crippen LogP) is 1.15. The van der Waals surface area contributed by atoms with Crippen molar-refractivity contribution in [3.8, 4) is 0 Å². The third-order valence-corrected chi connectivity index (χ3v) is 3.62. The van der Waals surface area contributed by atoms with E-state index in [2.05, 4.69) is 5.32 Å². The van der Waals surface area contributed by atoms with E-state index < -0.39 is 5.60 Å². The lowest BCUT2D eigenvalue weighted by molar-refractivity contribution is -0.145. The van der Waals surface area contributed by atoms with Gasteiger partial charge in [0.05, 0.1) is 6.61 Å². The van der Waals surface area contributed by atoms with Gasteiger partial charge in [-0.1, -0.05) is 0 Å². The Kier molecular flexibility index (Phi) is 4.22. The molecule has 114 valence electrons. The topological polar surface area (TPSA) is 67.9 Å². The van der Waals surface area contributed by atoms with Gasteiger partial charge in [0.2, 0.25) is 0 Å². The molecule has 0 unspecified atom stereocenters. The number of esters is 1. The average molecular weight is 284 g/mol. The summed E-state index contributed by atoms with van der Waals surface area (Å²) in [4.78, 5) is 25.4. The molecule has 6 nitrogen and oxygen atoms in total. The first-order valence-electron chi connectivity index (χ1n) is 7.20. The molecule has 20 heavy (non-hydrogen) atoms. The van der Waals surface area contributed by atoms with Crippen LogP contribution in [0.25, 0.3) is 0 Å². The van der Waals surface area contributed by atoms with Gasteiger partial charge in [0.15, 0.2) is 0 Å². The third kappa shape index (κ3) is 3.42. The molecule has 2 heterocycles. The molecule has 1 amide bonds. The molecule has 2 aliphatic rings. The molecule has 2 rings (SSSR count). The van der Waals surface area contributed by atoms with Gasteiger partial charge in [-0.15, -0.1) is 0 Å². The first-order valence-corrected chi connectivity index (χ1v) is 7.20. The zero-order valence-corrected chi connectivity index (χ0v) is 12.6. The lowest BCUT2D eigenvalue weighted by atomic mass is 10.0. The Labute approximate surface area is 119 Å². The third-order valence-electron chi connectivity index (χ3n) is 3.62. The summed E-state index contributed by atoms with van der Waals surface area (Å²) in [6.45, 7) is 9.01. The highest BCUT2D eigenvalue weighted by Crippen LogP contribution is 2.29. The van der Waals surface area contributed by atoms with Gasteiger partial charge in [-0.2, -0.15) is 0 Å². The molecule has 1 N–H and O–H groups in total. The normalized spacial score (nSPS) is 29.2. The number of nitrogens with one attached hydrogen (secondary N) is 1. The van der Waals surface area contributed by atoms with Crippen LogP contribution in [-0.4, -0.2) is 54.3 Å². The van der Waals surface area contributed by atoms with Crippen LogP contribution in [0.3, 0.4) is 0 Å². The highest BCUT2D eigenvalue weighted by molar-refractivity contribution is 5.76. The summed E-state index contributed by atoms with van der Waals surface area (Å²) in [7, 11) is 0. The van der Waals surface area contributed by atoms with Gasteiger partial charge in [0.25, 0.3) is 0 Å². The molecule has 0 aromatic rings. The van der Waals surface area contributed by atoms with Gasteiger partial charge in [-0.3, -0.25) is 10.1 Å². The van der Waals surface area contributed by atoms with E-state index >= 15 is 0 Å². The van der Waals surface area contributed by atoms with Crippen molar-refractivity contribution in [1.29, 1.82) is 0 Å². The Morgan fingerprint density at radius 2 is 2.00 bits per heavy atom. The highest BCUT2D eigenvalue weighted by atomic mass is 16.6. The van der Waals surface area contributed by atoms with Crippen molar-refractivity contribution < 1.29 is 19.1 Å². The first kappa shape index (κ1) is 15.1. The Morgan fingerprint density at radius 3 is 2.55 bits per heavy atom. The number of carbonyl (C=O) groups is 2. The monoisotopic (exact) mass is 284 g/mol. The smallest absolute Gasteiger partial charge is 0.410 e. The van der Waals surface area contributed by atoms with Gasteiger partial charge < -0.3 is 14.4 Å². The number of hydrogen-bond acceptors (Lipinski definition) is 5. The minimum absolute atomic E-state index is 0.164. The summed E-state index contributed by atoms with van der Waals surface area (Å²) in [6, 6.07) is -0.0670. The van der Waals surface area contributed by atoms with Gasteiger partial charge in [-0.25, -0.2) is 4.79 Å². The van der Waals surface area contributed by atoms with E-state index in [1.54, 1.807) is 11.8 Å². The van der Waals surface area contributed by atoms with Crippen molar-refractivity contribution in [3.05, 3.63) is 0 Å². The van der Waals surface area contributed by atoms with E-state index in [1.165, 1.54) is 0 Å². The quantitative estimate of drug-likeness (QED) is 0.770. The molecule has 0 saturated carbocycles. The van der Waals surface area contributed by atoms with E-state index in [1.807, 2.05) is 20.8 Å². The number of hydrogen-bond donors (Lipinski definition) is 1. The number of rotatable bonds is 2. The second-order valence-corrected chi connectivity index (χ2v) is 6.46. The summed E-state index contributed by atoms with van der Waals surface area (Å²) < 4.78 is 10.4. The van der Waals surface area contributed by atoms with Crippen molar-refractivity contribution in [1.82, 2.24) is 10.2 Å². The van der Waals surface area contributed by atoms with Crippen LogP contribution >= 0.6 is 0 Å². The van der Waals surface area contributed by atoms with Crippen LogP contribution in [-0.2, 0) is 14.3 Å². The molecule has 0 aliphatic carbocycles. The molecule has 0 radical (unpaired) electrons. The molecule has 0 aromatic carbocycles. The fourth-order valence-electron chi connectivity index (χ4n) is 2.81. The van der Waals surface area contributed by atoms with Crippen molar-refractivity contribution in [3.63, 3.8) is 0 Å². The van der Waals surface area contributed by atoms with E-state index in [0.29, 0.717) is 25.6 Å². The van der Waals surface area contributed by atoms with Crippen LogP contribution in [0.4, 0.5) is 4.79 Å². The van der Waals surface area contributed by atoms with E-state index in [9.17, 15) is 9.59 Å². The zero-order chi connectivity index (χ0) is 14.9. The van der Waals surface area contributed by atoms with E-state index in [-0.39, 0.29) is 24.1 Å². The molecule has 6 heteroatoms. The fourth-order valence-corrected chi connectivity index (χ4v) is 2.81. The van der Waals surface area contributed by atoms with Crippen LogP contribution in [0.15, 0.2) is 0 Å². The molecule has 0 bridgehead atoms. The second kappa shape index (κ2) is 5.60. The molecule has 2 aliphatic heterocycles. The van der Waals surface area contributed by atoms with Crippen LogP contribution < -0.4 is 5.32 Å². The summed E-state index contributed by atoms with van der Waals surface area (Å²) in [5.41, 5.74) is -0.477. The van der Waals surface area contributed by atoms with Crippen molar-refractivity contribution >= 4 is 12.1 Å². The fraction of sp³-hybridized carbons (Fsp3) is 0.857. The summed E-state index contributed by atoms with van der Waals surface area (Å²) >= 11 is 0. The molecule has 3 atom stereocenters. The molecule has 2 fully saturated rings. The number of nitrogens with zero attached hydrogens (tertiary/aromatic N) is 1. The molecule has 0 aromatic heterocycles. The van der Waals surface area contributed by atoms with Gasteiger partial charge >= 0.3 is 12.1 Å². The number of likely N-dealkylation sites (tertiary alicyclic amines) is 1. The minimum atomic E-state index is -0.477. The maximum Gasteiger partial charge on any atom is 0.410 e. The lowest BCUT2D eigenvalue weighted by Gasteiger charge is -2.25. The highest BCUT2D eigenvalue weighted by Gasteiger charge is 2.45. The van der Waals surface area contributed by atoms with Crippen molar-refractivity contribution in [2.75, 3.05) is 19.7 Å². The van der Waals surface area contributed by atoms with Crippen LogP contribution in [0.1, 0.15) is 34.1 Å². The van der Waals surface area contributed by atoms with Crippen LogP contribution in [0, 0.1) is 5.92 Å². The number of ether oxygens (including phenoxy) is 2. The van der Waals surface area contributed by atoms with Gasteiger partial charge in [-0.05, 0) is 40.0 Å². The minimum Gasteiger partial charge on any atom is -0.465 e. The molecular weight excluding hydrogens is 260 g/mol. The lowest BCUT2D eigenvalue weighted by Crippen LogP contribution is -2.42. The second-order valence-electron chi connectivity index (χ2n) is 6.46. The van der Waals surface area contributed by atoms with Gasteiger partial charge in [0.1, 0.15) is 11.6 Å². The SMILES string of the molecule is CCOC(=O)[C@@H]1C[C@H]2CN(C(=O)OC(C)(C)C)C[C@H]2N1. The van der Waals surface area contributed by atoms with E-state index in [0.717, 1.165) is 6.42 Å². The van der Waals surface area contributed by atoms with Gasteiger partial charge in [0, 0.05) is 19.1 Å². The number of carbonyl (C=O) groups excluding carboxylic acids is 2. The maximum absolute atomic E-state index is 12.0. The van der Waals surface area contributed by atoms with Crippen molar-refractivity contribution in [2.24, 2.45) is 5.92 Å². The average Bonchev–Trinajstić information content (AvgIpc) is 2.83. The van der Waals surface area contributed by atoms with Crippen molar-refractivity contribution in [2.45, 2.75) is 51.8 Å². The maximum atomic E-state index is 12.0. The Morgan fingerprint density at radius 1 is 1.30 bits per heavy atom. The van der Waals surface area contributed by atoms with E-state index in [4.69, 9.17) is 9.47 Å². The first-order chi connectivity index (χ1) is 9.30. The molecule has 0 spiro atoms. The number of amides is 1. The largest absolute Gasteiger partial charge is 0.465 e. The zero-order valence-electron chi connectivity index (χ0n) is 12.6. The summed E-state index contributed by atoms with van der Waals surface area (Å²) in [6.07, 6.45) is 0.449. The predicted molar refractivity (Wildman–Crippen MR) is 73.3 cm³/mol.